The second-order valence-electron chi connectivity index (χ2n) is 20.4. The van der Waals surface area contributed by atoms with Gasteiger partial charge in [-0.15, -0.1) is 0 Å². The molecule has 2 heterocycles. The van der Waals surface area contributed by atoms with Crippen LogP contribution in [0.25, 0.3) is 0 Å². The first kappa shape index (κ1) is 67.5. The van der Waals surface area contributed by atoms with E-state index in [0.717, 1.165) is 64.2 Å². The van der Waals surface area contributed by atoms with Crippen LogP contribution in [0.4, 0.5) is 0 Å². The molecule has 1 amide bonds. The molecular weight excluding hydrogens is 943 g/mol. The number of rotatable bonds is 45. The summed E-state index contributed by atoms with van der Waals surface area (Å²) in [6, 6.07) is -0.939. The zero-order valence-corrected chi connectivity index (χ0v) is 45.8. The zero-order chi connectivity index (χ0) is 53.9. The van der Waals surface area contributed by atoms with Gasteiger partial charge in [-0.2, -0.15) is 0 Å². The molecule has 0 aromatic carbocycles. The molecule has 12 unspecified atom stereocenters. The Balaban J connectivity index is 1.69. The number of carbonyl (C=O) groups excluding carboxylic acids is 1. The van der Waals surface area contributed by atoms with Crippen LogP contribution in [0.15, 0.2) is 72.9 Å². The fraction of sp³-hybridized carbons (Fsp3) is 0.783. The molecule has 0 aromatic rings. The Morgan fingerprint density at radius 1 is 0.486 bits per heavy atom. The Morgan fingerprint density at radius 3 is 1.46 bits per heavy atom. The molecule has 14 heteroatoms. The van der Waals surface area contributed by atoms with Gasteiger partial charge in [-0.05, 0) is 77.0 Å². The van der Waals surface area contributed by atoms with Crippen LogP contribution in [0.3, 0.4) is 0 Å². The van der Waals surface area contributed by atoms with Crippen LogP contribution in [0.2, 0.25) is 0 Å². The van der Waals surface area contributed by atoms with Crippen LogP contribution in [0.5, 0.6) is 0 Å². The summed E-state index contributed by atoms with van der Waals surface area (Å²) in [4.78, 5) is 13.2. The monoisotopic (exact) mass is 1050 g/mol. The largest absolute Gasteiger partial charge is 0.394 e. The van der Waals surface area contributed by atoms with Crippen molar-refractivity contribution in [3.8, 4) is 0 Å². The van der Waals surface area contributed by atoms with E-state index < -0.39 is 86.8 Å². The van der Waals surface area contributed by atoms with Gasteiger partial charge < -0.3 is 65.1 Å². The summed E-state index contributed by atoms with van der Waals surface area (Å²) in [7, 11) is 0. The summed E-state index contributed by atoms with van der Waals surface area (Å²) in [6.07, 6.45) is 42.5. The average molecular weight is 1050 g/mol. The molecule has 74 heavy (non-hydrogen) atoms. The number of amides is 1. The van der Waals surface area contributed by atoms with Crippen molar-refractivity contribution in [2.24, 2.45) is 0 Å². The summed E-state index contributed by atoms with van der Waals surface area (Å²) < 4.78 is 22.7. The molecule has 2 rings (SSSR count). The molecule has 2 aliphatic heterocycles. The Bertz CT molecular complexity index is 1520. The lowest BCUT2D eigenvalue weighted by Gasteiger charge is -2.46. The molecule has 0 aromatic heterocycles. The number of unbranched alkanes of at least 4 members (excludes halogenated alkanes) is 22. The van der Waals surface area contributed by atoms with E-state index in [0.29, 0.717) is 12.8 Å². The minimum Gasteiger partial charge on any atom is -0.394 e. The van der Waals surface area contributed by atoms with Crippen molar-refractivity contribution in [3.05, 3.63) is 72.9 Å². The van der Waals surface area contributed by atoms with Crippen LogP contribution in [-0.2, 0) is 23.7 Å². The number of allylic oxidation sites excluding steroid dienone is 11. The summed E-state index contributed by atoms with van der Waals surface area (Å²) in [6.45, 7) is 2.67. The van der Waals surface area contributed by atoms with E-state index in [1.807, 2.05) is 6.08 Å². The summed E-state index contributed by atoms with van der Waals surface area (Å²) in [5.74, 6) is -0.258. The van der Waals surface area contributed by atoms with Crippen molar-refractivity contribution in [2.45, 2.75) is 280 Å². The van der Waals surface area contributed by atoms with Crippen molar-refractivity contribution >= 4 is 5.91 Å². The number of carbonyl (C=O) groups is 1. The number of hydrogen-bond donors (Lipinski definition) is 9. The van der Waals surface area contributed by atoms with E-state index in [4.69, 9.17) is 18.9 Å². The maximum Gasteiger partial charge on any atom is 0.220 e. The SMILES string of the molecule is CCC/C=C/CC/C=C/CC/C=C/C(O)C(COC1OC(CO)C(OC2OC(CO)C(O)C(O)C2O)C(O)C1O)NC(=O)CCCCCCCCCCCCCCCC/C=C\C/C=C\C/C=C\CCCCCCC. The molecule has 0 aliphatic carbocycles. The van der Waals surface area contributed by atoms with Crippen LogP contribution in [0.1, 0.15) is 206 Å². The second-order valence-corrected chi connectivity index (χ2v) is 20.4. The van der Waals surface area contributed by atoms with Gasteiger partial charge in [0.05, 0.1) is 32.0 Å². The van der Waals surface area contributed by atoms with E-state index in [1.54, 1.807) is 6.08 Å². The highest BCUT2D eigenvalue weighted by Crippen LogP contribution is 2.30. The normalized spacial score (nSPS) is 25.8. The molecule has 0 spiro atoms. The first-order valence-corrected chi connectivity index (χ1v) is 29.2. The summed E-state index contributed by atoms with van der Waals surface area (Å²) in [5.41, 5.74) is 0. The highest BCUT2D eigenvalue weighted by Gasteiger charge is 2.51. The first-order chi connectivity index (χ1) is 36.1. The van der Waals surface area contributed by atoms with Crippen molar-refractivity contribution in [2.75, 3.05) is 19.8 Å². The quantitative estimate of drug-likeness (QED) is 0.0205. The second kappa shape index (κ2) is 45.4. The van der Waals surface area contributed by atoms with E-state index >= 15 is 0 Å². The van der Waals surface area contributed by atoms with Crippen LogP contribution in [-0.4, -0.2) is 140 Å². The van der Waals surface area contributed by atoms with Gasteiger partial charge in [-0.3, -0.25) is 4.79 Å². The maximum absolute atomic E-state index is 13.2. The molecule has 0 bridgehead atoms. The van der Waals surface area contributed by atoms with Crippen LogP contribution >= 0.6 is 0 Å². The lowest BCUT2D eigenvalue weighted by atomic mass is 9.97. The topological polar surface area (TPSA) is 228 Å². The predicted molar refractivity (Wildman–Crippen MR) is 295 cm³/mol. The molecule has 12 atom stereocenters. The molecule has 0 radical (unpaired) electrons. The standard InChI is InChI=1S/C60H105NO13/c1-3-5-7-9-11-13-15-16-17-18-19-20-21-22-23-24-25-26-27-28-29-30-31-32-34-36-38-40-42-44-52(65)61-48(49(64)43-41-39-37-35-33-14-12-10-8-6-4-2)47-71-59-57(70)55(68)58(51(46-63)73-59)74-60-56(69)54(67)53(66)50(45-62)72-60/h8,10,15-16,18-19,21-22,33,35,41,43,48-51,53-60,62-64,66-70H,3-7,9,11-14,17,20,23-32,34,36-40,42,44-47H2,1-2H3,(H,61,65)/b10-8+,16-15-,19-18-,22-21-,35-33+,43-41+. The number of nitrogens with one attached hydrogen (secondary N) is 1. The van der Waals surface area contributed by atoms with Gasteiger partial charge in [-0.1, -0.05) is 196 Å². The highest BCUT2D eigenvalue weighted by molar-refractivity contribution is 5.76. The minimum atomic E-state index is -1.79. The van der Waals surface area contributed by atoms with Crippen molar-refractivity contribution < 1.29 is 64.6 Å². The number of aliphatic hydroxyl groups excluding tert-OH is 8. The third kappa shape index (κ3) is 31.0. The Hall–Kier alpha value is -2.57. The predicted octanol–water partition coefficient (Wildman–Crippen LogP) is 9.55. The fourth-order valence-electron chi connectivity index (χ4n) is 9.10. The van der Waals surface area contributed by atoms with E-state index in [-0.39, 0.29) is 18.9 Å². The molecule has 0 saturated carbocycles. The van der Waals surface area contributed by atoms with Gasteiger partial charge in [0.2, 0.25) is 5.91 Å². The van der Waals surface area contributed by atoms with Crippen LogP contribution < -0.4 is 5.32 Å². The molecule has 428 valence electrons. The van der Waals surface area contributed by atoms with Crippen molar-refractivity contribution in [1.29, 1.82) is 0 Å². The fourth-order valence-corrected chi connectivity index (χ4v) is 9.10. The van der Waals surface area contributed by atoms with Crippen LogP contribution in [0, 0.1) is 0 Å². The summed E-state index contributed by atoms with van der Waals surface area (Å²) >= 11 is 0. The smallest absolute Gasteiger partial charge is 0.220 e. The van der Waals surface area contributed by atoms with Gasteiger partial charge in [0.1, 0.15) is 48.8 Å². The van der Waals surface area contributed by atoms with Gasteiger partial charge in [-0.25, -0.2) is 0 Å². The molecule has 14 nitrogen and oxygen atoms in total. The Morgan fingerprint density at radius 2 is 0.932 bits per heavy atom. The van der Waals surface area contributed by atoms with Crippen molar-refractivity contribution in [1.82, 2.24) is 5.32 Å². The van der Waals surface area contributed by atoms with Gasteiger partial charge in [0, 0.05) is 6.42 Å². The lowest BCUT2D eigenvalue weighted by molar-refractivity contribution is -0.359. The van der Waals surface area contributed by atoms with E-state index in [9.17, 15) is 45.6 Å². The Labute approximate surface area is 447 Å². The molecule has 2 fully saturated rings. The Kier molecular flexibility index (Phi) is 41.5. The number of aliphatic hydroxyl groups is 8. The lowest BCUT2D eigenvalue weighted by Crippen LogP contribution is -2.65. The number of ether oxygens (including phenoxy) is 4. The van der Waals surface area contributed by atoms with Gasteiger partial charge in [0.15, 0.2) is 12.6 Å². The van der Waals surface area contributed by atoms with Gasteiger partial charge >= 0.3 is 0 Å². The van der Waals surface area contributed by atoms with Gasteiger partial charge in [0.25, 0.3) is 0 Å². The summed E-state index contributed by atoms with van der Waals surface area (Å²) in [5, 5.41) is 86.8. The van der Waals surface area contributed by atoms with E-state index in [2.05, 4.69) is 79.9 Å². The first-order valence-electron chi connectivity index (χ1n) is 29.2. The molecule has 2 saturated heterocycles. The third-order valence-corrected chi connectivity index (χ3v) is 13.8. The highest BCUT2D eigenvalue weighted by atomic mass is 16.7. The number of hydrogen-bond acceptors (Lipinski definition) is 13. The van der Waals surface area contributed by atoms with Crippen molar-refractivity contribution in [3.63, 3.8) is 0 Å². The minimum absolute atomic E-state index is 0.258. The molecular formula is C60H105NO13. The zero-order valence-electron chi connectivity index (χ0n) is 45.8. The molecule has 2 aliphatic rings. The van der Waals surface area contributed by atoms with E-state index in [1.165, 1.54) is 109 Å². The molecule has 9 N–H and O–H groups in total. The average Bonchev–Trinajstić information content (AvgIpc) is 3.40. The maximum atomic E-state index is 13.2. The third-order valence-electron chi connectivity index (χ3n) is 13.8.